The Kier molecular flexibility index (Phi) is 19.4. The zero-order valence-corrected chi connectivity index (χ0v) is 15.0. The third-order valence-electron chi connectivity index (χ3n) is 3.61. The number of aromatic nitrogens is 1. The van der Waals surface area contributed by atoms with E-state index in [9.17, 15) is 0 Å². The summed E-state index contributed by atoms with van der Waals surface area (Å²) < 4.78 is 2.26. The second kappa shape index (κ2) is 17.7. The van der Waals surface area contributed by atoms with Crippen molar-refractivity contribution in [1.29, 1.82) is 0 Å². The molecule has 0 radical (unpaired) electrons. The number of hydrogen-bond donors (Lipinski definition) is 1. The van der Waals surface area contributed by atoms with Gasteiger partial charge in [-0.25, -0.2) is 4.57 Å². The van der Waals surface area contributed by atoms with Gasteiger partial charge in [-0.1, -0.05) is 38.7 Å². The van der Waals surface area contributed by atoms with Crippen LogP contribution in [0.2, 0.25) is 0 Å². The number of unbranched alkanes of at least 4 members (excludes halogenated alkanes) is 5. The smallest absolute Gasteiger partial charge is 0.168 e. The molecule has 1 saturated heterocycles. The van der Waals surface area contributed by atoms with Crippen LogP contribution >= 0.6 is 0 Å². The van der Waals surface area contributed by atoms with Crippen molar-refractivity contribution in [3.8, 4) is 0 Å². The van der Waals surface area contributed by atoms with Crippen LogP contribution in [0.5, 0.6) is 0 Å². The minimum atomic E-state index is 0. The summed E-state index contributed by atoms with van der Waals surface area (Å²) in [4.78, 5) is 0. The van der Waals surface area contributed by atoms with Crippen LogP contribution in [0.15, 0.2) is 30.6 Å². The number of rotatable bonds is 7. The molecule has 1 aliphatic heterocycles. The van der Waals surface area contributed by atoms with Crippen molar-refractivity contribution < 1.29 is 34.7 Å². The molecule has 0 spiro atoms. The highest BCUT2D eigenvalue weighted by Crippen LogP contribution is 2.04. The number of hydrogen-bond acceptors (Lipinski definition) is 0. The van der Waals surface area contributed by atoms with Crippen LogP contribution < -0.4 is 34.7 Å². The lowest BCUT2D eigenvalue weighted by Gasteiger charge is -1.98. The third-order valence-corrected chi connectivity index (χ3v) is 3.61. The molecule has 0 amide bonds. The minimum Gasteiger partial charge on any atom is -1.00 e. The van der Waals surface area contributed by atoms with Crippen molar-refractivity contribution in [3.05, 3.63) is 30.6 Å². The van der Waals surface area contributed by atoms with Crippen molar-refractivity contribution in [1.82, 2.24) is 0 Å². The van der Waals surface area contributed by atoms with E-state index in [1.54, 1.807) is 0 Å². The Bertz CT molecular complexity index is 282. The molecule has 1 aromatic rings. The Labute approximate surface area is 143 Å². The van der Waals surface area contributed by atoms with Gasteiger partial charge in [0.2, 0.25) is 0 Å². The first kappa shape index (κ1) is 23.0. The maximum absolute atomic E-state index is 2.36. The highest BCUT2D eigenvalue weighted by Gasteiger charge is 1.98. The molecule has 0 aliphatic carbocycles. The fourth-order valence-corrected chi connectivity index (χ4v) is 2.38. The molecule has 21 heavy (non-hydrogen) atoms. The molecule has 4 heteroatoms. The van der Waals surface area contributed by atoms with Gasteiger partial charge in [0.15, 0.2) is 12.4 Å². The fraction of sp³-hybridized carbons (Fsp3) is 0.706. The van der Waals surface area contributed by atoms with Crippen molar-refractivity contribution in [3.63, 3.8) is 0 Å². The minimum absolute atomic E-state index is 0. The summed E-state index contributed by atoms with van der Waals surface area (Å²) in [6, 6.07) is 6.26. The predicted molar refractivity (Wildman–Crippen MR) is 80.9 cm³/mol. The van der Waals surface area contributed by atoms with E-state index >= 15 is 0 Å². The zero-order valence-electron chi connectivity index (χ0n) is 13.4. The summed E-state index contributed by atoms with van der Waals surface area (Å²) >= 11 is 0. The molecule has 0 unspecified atom stereocenters. The van der Waals surface area contributed by atoms with Crippen LogP contribution in [0.25, 0.3) is 0 Å². The Morgan fingerprint density at radius 1 is 0.810 bits per heavy atom. The number of nitrogens with zero attached hydrogens (tertiary/aromatic N) is 1. The lowest BCUT2D eigenvalue weighted by molar-refractivity contribution is -0.697. The highest BCUT2D eigenvalue weighted by molar-refractivity contribution is 4.83. The van der Waals surface area contributed by atoms with Crippen LogP contribution in [-0.2, 0) is 6.54 Å². The van der Waals surface area contributed by atoms with E-state index < -0.39 is 0 Å². The van der Waals surface area contributed by atoms with Gasteiger partial charge in [-0.05, 0) is 6.42 Å². The van der Waals surface area contributed by atoms with Gasteiger partial charge in [-0.2, -0.15) is 0 Å². The summed E-state index contributed by atoms with van der Waals surface area (Å²) in [6.45, 7) is 6.19. The SMILES string of the molecule is C1CC[NH2+]C1.CCCCCCCC[n+]1ccccc1.[Cl-].[Cl-]. The van der Waals surface area contributed by atoms with Crippen LogP contribution in [0.3, 0.4) is 0 Å². The Morgan fingerprint density at radius 3 is 1.90 bits per heavy atom. The molecule has 1 fully saturated rings. The number of halogens is 2. The fourth-order valence-electron chi connectivity index (χ4n) is 2.38. The van der Waals surface area contributed by atoms with E-state index in [2.05, 4.69) is 47.4 Å². The first-order valence-corrected chi connectivity index (χ1v) is 8.19. The summed E-state index contributed by atoms with van der Waals surface area (Å²) in [5.41, 5.74) is 0. The summed E-state index contributed by atoms with van der Waals surface area (Å²) in [7, 11) is 0. The van der Waals surface area contributed by atoms with E-state index in [0.717, 1.165) is 0 Å². The molecule has 2 nitrogen and oxygen atoms in total. The highest BCUT2D eigenvalue weighted by atomic mass is 35.5. The lowest BCUT2D eigenvalue weighted by atomic mass is 10.1. The van der Waals surface area contributed by atoms with Crippen LogP contribution in [0.4, 0.5) is 0 Å². The van der Waals surface area contributed by atoms with Crippen molar-refractivity contribution in [2.45, 2.75) is 64.8 Å². The molecule has 0 saturated carbocycles. The maximum Gasteiger partial charge on any atom is 0.168 e. The van der Waals surface area contributed by atoms with Gasteiger partial charge in [-0.3, -0.25) is 0 Å². The zero-order chi connectivity index (χ0) is 13.6. The Hall–Kier alpha value is -0.310. The van der Waals surface area contributed by atoms with E-state index in [1.807, 2.05) is 0 Å². The molecule has 1 aromatic heterocycles. The number of quaternary nitrogens is 1. The number of pyridine rings is 1. The molecule has 2 heterocycles. The maximum atomic E-state index is 2.36. The molecular weight excluding hydrogens is 303 g/mol. The average molecular weight is 335 g/mol. The van der Waals surface area contributed by atoms with Gasteiger partial charge in [-0.15, -0.1) is 0 Å². The second-order valence-electron chi connectivity index (χ2n) is 5.45. The molecule has 0 bridgehead atoms. The van der Waals surface area contributed by atoms with Gasteiger partial charge in [0.05, 0.1) is 13.1 Å². The first-order chi connectivity index (χ1) is 9.43. The first-order valence-electron chi connectivity index (χ1n) is 8.19. The average Bonchev–Trinajstić information content (AvgIpc) is 3.03. The molecule has 2 N–H and O–H groups in total. The second-order valence-corrected chi connectivity index (χ2v) is 5.45. The molecule has 0 atom stereocenters. The van der Waals surface area contributed by atoms with Gasteiger partial charge >= 0.3 is 0 Å². The summed E-state index contributed by atoms with van der Waals surface area (Å²) in [5, 5.41) is 2.36. The molecule has 2 rings (SSSR count). The summed E-state index contributed by atoms with van der Waals surface area (Å²) in [6.07, 6.45) is 15.4. The van der Waals surface area contributed by atoms with Gasteiger partial charge < -0.3 is 30.1 Å². The normalized spacial score (nSPS) is 12.6. The van der Waals surface area contributed by atoms with E-state index in [1.165, 1.54) is 71.0 Å². The van der Waals surface area contributed by atoms with E-state index in [4.69, 9.17) is 0 Å². The topological polar surface area (TPSA) is 20.5 Å². The van der Waals surface area contributed by atoms with Crippen molar-refractivity contribution >= 4 is 0 Å². The predicted octanol–water partition coefficient (Wildman–Crippen LogP) is -3.31. The largest absolute Gasteiger partial charge is 1.00 e. The van der Waals surface area contributed by atoms with Gasteiger partial charge in [0.25, 0.3) is 0 Å². The standard InChI is InChI=1S/C13H22N.C4H9N.2ClH/c1-2-3-4-5-6-8-11-14-12-9-7-10-13-14;1-2-4-5-3-1;;/h7,9-10,12-13H,2-6,8,11H2,1H3;5H,1-4H2;2*1H/q+1;;;/p-1. The van der Waals surface area contributed by atoms with Crippen molar-refractivity contribution in [2.24, 2.45) is 0 Å². The number of nitrogens with two attached hydrogens (primary N) is 1. The van der Waals surface area contributed by atoms with Gasteiger partial charge in [0.1, 0.15) is 6.54 Å². The molecule has 1 aliphatic rings. The quantitative estimate of drug-likeness (QED) is 0.398. The lowest BCUT2D eigenvalue weighted by Crippen LogP contribution is -3.00. The molecule has 124 valence electrons. The Balaban J connectivity index is 0. The van der Waals surface area contributed by atoms with Crippen LogP contribution in [0.1, 0.15) is 58.3 Å². The van der Waals surface area contributed by atoms with Crippen LogP contribution in [-0.4, -0.2) is 13.1 Å². The number of aryl methyl sites for hydroxylation is 1. The van der Waals surface area contributed by atoms with Gasteiger partial charge in [0, 0.05) is 31.4 Å². The van der Waals surface area contributed by atoms with Crippen LogP contribution in [0, 0.1) is 0 Å². The third kappa shape index (κ3) is 14.4. The molecular formula is C17H32Cl2N2. The van der Waals surface area contributed by atoms with E-state index in [0.29, 0.717) is 0 Å². The van der Waals surface area contributed by atoms with Crippen molar-refractivity contribution in [2.75, 3.05) is 13.1 Å². The molecule has 0 aromatic carbocycles. The Morgan fingerprint density at radius 2 is 1.38 bits per heavy atom. The monoisotopic (exact) mass is 334 g/mol. The van der Waals surface area contributed by atoms with E-state index in [-0.39, 0.29) is 24.8 Å². The summed E-state index contributed by atoms with van der Waals surface area (Å²) in [5.74, 6) is 0.